The molecular weight excluding hydrogens is 473 g/mol. The second-order valence-corrected chi connectivity index (χ2v) is 9.86. The van der Waals surface area contributed by atoms with Gasteiger partial charge in [-0.1, -0.05) is 6.07 Å². The lowest BCUT2D eigenvalue weighted by atomic mass is 10.2. The number of benzene rings is 3. The molecule has 3 aromatic carbocycles. The van der Waals surface area contributed by atoms with Crippen molar-refractivity contribution in [3.8, 4) is 11.5 Å². The minimum absolute atomic E-state index is 0.0488. The molecule has 1 fully saturated rings. The van der Waals surface area contributed by atoms with Crippen molar-refractivity contribution in [1.29, 1.82) is 0 Å². The highest BCUT2D eigenvalue weighted by Gasteiger charge is 2.29. The number of nitrogens with zero attached hydrogens (tertiary/aromatic N) is 2. The van der Waals surface area contributed by atoms with E-state index in [-0.39, 0.29) is 29.4 Å². The van der Waals surface area contributed by atoms with Gasteiger partial charge in [0.2, 0.25) is 10.0 Å². The molecule has 0 aromatic heterocycles. The van der Waals surface area contributed by atoms with Gasteiger partial charge in [-0.3, -0.25) is 4.79 Å². The molecular formula is C25H26FN3O5S. The Morgan fingerprint density at radius 1 is 0.886 bits per heavy atom. The Morgan fingerprint density at radius 3 is 2.23 bits per heavy atom. The molecule has 1 saturated heterocycles. The summed E-state index contributed by atoms with van der Waals surface area (Å²) in [5.41, 5.74) is 1.54. The lowest BCUT2D eigenvalue weighted by Gasteiger charge is -2.35. The molecule has 0 saturated carbocycles. The van der Waals surface area contributed by atoms with Gasteiger partial charge < -0.3 is 19.7 Å². The fourth-order valence-corrected chi connectivity index (χ4v) is 5.37. The molecule has 35 heavy (non-hydrogen) atoms. The number of methoxy groups -OCH3 is 2. The summed E-state index contributed by atoms with van der Waals surface area (Å²) in [6, 6.07) is 17.0. The third-order valence-electron chi connectivity index (χ3n) is 5.81. The van der Waals surface area contributed by atoms with Crippen molar-refractivity contribution in [2.75, 3.05) is 50.6 Å². The quantitative estimate of drug-likeness (QED) is 0.535. The van der Waals surface area contributed by atoms with E-state index < -0.39 is 15.9 Å². The molecule has 1 N–H and O–H groups in total. The van der Waals surface area contributed by atoms with E-state index in [2.05, 4.69) is 5.32 Å². The maximum atomic E-state index is 13.3. The third-order valence-corrected chi connectivity index (χ3v) is 7.70. The zero-order valence-electron chi connectivity index (χ0n) is 19.4. The molecule has 0 atom stereocenters. The molecule has 184 valence electrons. The maximum absolute atomic E-state index is 13.3. The molecule has 1 aliphatic heterocycles. The second-order valence-electron chi connectivity index (χ2n) is 7.92. The van der Waals surface area contributed by atoms with Crippen LogP contribution in [0.25, 0.3) is 0 Å². The highest BCUT2D eigenvalue weighted by molar-refractivity contribution is 7.89. The normalized spacial score (nSPS) is 14.4. The summed E-state index contributed by atoms with van der Waals surface area (Å²) in [4.78, 5) is 14.9. The monoisotopic (exact) mass is 499 g/mol. The largest absolute Gasteiger partial charge is 0.493 e. The van der Waals surface area contributed by atoms with E-state index in [4.69, 9.17) is 9.47 Å². The van der Waals surface area contributed by atoms with Crippen molar-refractivity contribution in [1.82, 2.24) is 4.31 Å². The van der Waals surface area contributed by atoms with E-state index >= 15 is 0 Å². The first-order chi connectivity index (χ1) is 16.8. The zero-order valence-corrected chi connectivity index (χ0v) is 20.2. The minimum atomic E-state index is -3.79. The lowest BCUT2D eigenvalue weighted by Crippen LogP contribution is -2.48. The summed E-state index contributed by atoms with van der Waals surface area (Å²) >= 11 is 0. The van der Waals surface area contributed by atoms with Crippen LogP contribution < -0.4 is 19.7 Å². The van der Waals surface area contributed by atoms with E-state index in [0.29, 0.717) is 30.3 Å². The molecule has 3 aromatic rings. The average Bonchev–Trinajstić information content (AvgIpc) is 2.89. The number of amides is 1. The van der Waals surface area contributed by atoms with Crippen LogP contribution in [0.5, 0.6) is 11.5 Å². The van der Waals surface area contributed by atoms with Gasteiger partial charge in [0.05, 0.1) is 19.1 Å². The van der Waals surface area contributed by atoms with Crippen LogP contribution in [-0.4, -0.2) is 59.0 Å². The summed E-state index contributed by atoms with van der Waals surface area (Å²) in [6.45, 7) is 1.51. The first-order valence-electron chi connectivity index (χ1n) is 11.0. The van der Waals surface area contributed by atoms with Gasteiger partial charge in [0.1, 0.15) is 5.82 Å². The van der Waals surface area contributed by atoms with E-state index in [1.807, 2.05) is 4.90 Å². The van der Waals surface area contributed by atoms with Crippen LogP contribution in [0.15, 0.2) is 71.6 Å². The van der Waals surface area contributed by atoms with Crippen molar-refractivity contribution in [3.63, 3.8) is 0 Å². The molecule has 8 nitrogen and oxygen atoms in total. The first kappa shape index (κ1) is 24.5. The Kier molecular flexibility index (Phi) is 7.23. The number of carbonyl (C=O) groups is 1. The molecule has 0 unspecified atom stereocenters. The van der Waals surface area contributed by atoms with Gasteiger partial charge in [0, 0.05) is 49.2 Å². The molecule has 4 rings (SSSR count). The summed E-state index contributed by atoms with van der Waals surface area (Å²) in [7, 11) is -0.777. The Balaban J connectivity index is 1.46. The standard InChI is InChI=1S/C25H26FN3O5S/c1-33-23-11-8-20(17-24(23)34-2)27-25(30)18-4-3-5-22(16-18)35(31,32)29-14-12-28(13-15-29)21-9-6-19(26)7-10-21/h3-11,16-17H,12-15H2,1-2H3,(H,27,30). The van der Waals surface area contributed by atoms with Gasteiger partial charge in [-0.15, -0.1) is 0 Å². The van der Waals surface area contributed by atoms with Crippen molar-refractivity contribution in [2.45, 2.75) is 4.90 Å². The molecule has 0 radical (unpaired) electrons. The summed E-state index contributed by atoms with van der Waals surface area (Å²) < 4.78 is 51.6. The summed E-state index contributed by atoms with van der Waals surface area (Å²) in [5, 5.41) is 2.75. The Labute approximate surface area is 203 Å². The fourth-order valence-electron chi connectivity index (χ4n) is 3.90. The van der Waals surface area contributed by atoms with Gasteiger partial charge in [0.15, 0.2) is 11.5 Å². The fraction of sp³-hybridized carbons (Fsp3) is 0.240. The Bertz CT molecular complexity index is 1310. The number of ether oxygens (including phenoxy) is 2. The zero-order chi connectivity index (χ0) is 25.0. The van der Waals surface area contributed by atoms with Gasteiger partial charge in [-0.2, -0.15) is 4.31 Å². The lowest BCUT2D eigenvalue weighted by molar-refractivity contribution is 0.102. The first-order valence-corrected chi connectivity index (χ1v) is 12.4. The number of sulfonamides is 1. The predicted octanol–water partition coefficient (Wildman–Crippen LogP) is 3.61. The van der Waals surface area contributed by atoms with Crippen LogP contribution in [0.1, 0.15) is 10.4 Å². The number of halogens is 1. The van der Waals surface area contributed by atoms with Gasteiger partial charge in [0.25, 0.3) is 5.91 Å². The molecule has 0 aliphatic carbocycles. The van der Waals surface area contributed by atoms with Crippen molar-refractivity contribution in [3.05, 3.63) is 78.1 Å². The van der Waals surface area contributed by atoms with Crippen LogP contribution >= 0.6 is 0 Å². The average molecular weight is 500 g/mol. The van der Waals surface area contributed by atoms with E-state index in [1.54, 1.807) is 42.5 Å². The van der Waals surface area contributed by atoms with Crippen molar-refractivity contribution < 1.29 is 27.1 Å². The smallest absolute Gasteiger partial charge is 0.255 e. The van der Waals surface area contributed by atoms with Crippen LogP contribution in [0.2, 0.25) is 0 Å². The molecule has 10 heteroatoms. The molecule has 1 heterocycles. The summed E-state index contributed by atoms with van der Waals surface area (Å²) in [6.07, 6.45) is 0. The Hall–Kier alpha value is -3.63. The highest BCUT2D eigenvalue weighted by atomic mass is 32.2. The summed E-state index contributed by atoms with van der Waals surface area (Å²) in [5.74, 6) is 0.222. The van der Waals surface area contributed by atoms with E-state index in [9.17, 15) is 17.6 Å². The van der Waals surface area contributed by atoms with Crippen LogP contribution in [0, 0.1) is 5.82 Å². The van der Waals surface area contributed by atoms with Gasteiger partial charge >= 0.3 is 0 Å². The maximum Gasteiger partial charge on any atom is 0.255 e. The number of hydrogen-bond donors (Lipinski definition) is 1. The Morgan fingerprint density at radius 2 is 1.57 bits per heavy atom. The van der Waals surface area contributed by atoms with Crippen LogP contribution in [0.4, 0.5) is 15.8 Å². The minimum Gasteiger partial charge on any atom is -0.493 e. The number of rotatable bonds is 7. The molecule has 0 spiro atoms. The third kappa shape index (κ3) is 5.39. The van der Waals surface area contributed by atoms with Crippen LogP contribution in [0.3, 0.4) is 0 Å². The molecule has 1 amide bonds. The predicted molar refractivity (Wildman–Crippen MR) is 131 cm³/mol. The highest BCUT2D eigenvalue weighted by Crippen LogP contribution is 2.30. The number of piperazine rings is 1. The molecule has 1 aliphatic rings. The number of anilines is 2. The van der Waals surface area contributed by atoms with Crippen molar-refractivity contribution in [2.24, 2.45) is 0 Å². The number of carbonyl (C=O) groups excluding carboxylic acids is 1. The van der Waals surface area contributed by atoms with Crippen LogP contribution in [-0.2, 0) is 10.0 Å². The van der Waals surface area contributed by atoms with E-state index in [0.717, 1.165) is 5.69 Å². The number of hydrogen-bond acceptors (Lipinski definition) is 6. The van der Waals surface area contributed by atoms with E-state index in [1.165, 1.54) is 42.8 Å². The van der Waals surface area contributed by atoms with Crippen molar-refractivity contribution >= 4 is 27.3 Å². The SMILES string of the molecule is COc1ccc(NC(=O)c2cccc(S(=O)(=O)N3CCN(c4ccc(F)cc4)CC3)c2)cc1OC. The van der Waals surface area contributed by atoms with Gasteiger partial charge in [-0.05, 0) is 54.6 Å². The number of nitrogens with one attached hydrogen (secondary N) is 1. The second kappa shape index (κ2) is 10.3. The topological polar surface area (TPSA) is 88.2 Å². The molecule has 0 bridgehead atoms. The van der Waals surface area contributed by atoms with Gasteiger partial charge in [-0.25, -0.2) is 12.8 Å².